The Labute approximate surface area is 169 Å². The Morgan fingerprint density at radius 2 is 1.79 bits per heavy atom. The number of carbonyl (C=O) groups excluding carboxylic acids is 3. The molecular formula is C22H23NO6. The zero-order chi connectivity index (χ0) is 21.4. The molecule has 7 nitrogen and oxygen atoms in total. The average molecular weight is 397 g/mol. The van der Waals surface area contributed by atoms with Gasteiger partial charge in [-0.2, -0.15) is 0 Å². The first kappa shape index (κ1) is 21.7. The van der Waals surface area contributed by atoms with Crippen LogP contribution in [0.2, 0.25) is 0 Å². The van der Waals surface area contributed by atoms with E-state index in [1.54, 1.807) is 56.3 Å². The fraction of sp³-hybridized carbons (Fsp3) is 0.227. The number of carbonyl (C=O) groups is 3. The van der Waals surface area contributed by atoms with E-state index in [4.69, 9.17) is 14.2 Å². The maximum Gasteiger partial charge on any atom is 0.354 e. The van der Waals surface area contributed by atoms with Crippen molar-refractivity contribution >= 4 is 23.9 Å². The van der Waals surface area contributed by atoms with Gasteiger partial charge in [-0.05, 0) is 55.3 Å². The van der Waals surface area contributed by atoms with Crippen molar-refractivity contribution in [3.63, 3.8) is 0 Å². The molecule has 0 aromatic heterocycles. The normalized spacial score (nSPS) is 10.8. The molecule has 0 spiro atoms. The summed E-state index contributed by atoms with van der Waals surface area (Å²) in [4.78, 5) is 36.2. The van der Waals surface area contributed by atoms with Crippen LogP contribution in [-0.2, 0) is 14.3 Å². The number of ether oxygens (including phenoxy) is 3. The van der Waals surface area contributed by atoms with E-state index < -0.39 is 17.8 Å². The Bertz CT molecular complexity index is 934. The van der Waals surface area contributed by atoms with Crippen LogP contribution in [0.3, 0.4) is 0 Å². The van der Waals surface area contributed by atoms with Crippen LogP contribution >= 0.6 is 0 Å². The van der Waals surface area contributed by atoms with Crippen molar-refractivity contribution in [1.29, 1.82) is 0 Å². The summed E-state index contributed by atoms with van der Waals surface area (Å²) in [5.41, 5.74) is 1.57. The van der Waals surface area contributed by atoms with Gasteiger partial charge in [0.2, 0.25) is 0 Å². The molecule has 0 atom stereocenters. The molecule has 29 heavy (non-hydrogen) atoms. The van der Waals surface area contributed by atoms with E-state index >= 15 is 0 Å². The molecule has 1 amide bonds. The summed E-state index contributed by atoms with van der Waals surface area (Å²) in [6, 6.07) is 11.8. The lowest BCUT2D eigenvalue weighted by molar-refractivity contribution is -0.138. The minimum atomic E-state index is -0.669. The summed E-state index contributed by atoms with van der Waals surface area (Å²) < 4.78 is 15.5. The van der Waals surface area contributed by atoms with E-state index in [2.05, 4.69) is 5.32 Å². The molecular weight excluding hydrogens is 374 g/mol. The molecule has 2 aromatic rings. The van der Waals surface area contributed by atoms with Crippen LogP contribution < -0.4 is 14.8 Å². The fourth-order valence-electron chi connectivity index (χ4n) is 2.58. The van der Waals surface area contributed by atoms with Crippen LogP contribution in [0, 0.1) is 6.92 Å². The van der Waals surface area contributed by atoms with Crippen LogP contribution in [0.15, 0.2) is 48.2 Å². The van der Waals surface area contributed by atoms with Gasteiger partial charge >= 0.3 is 11.9 Å². The molecule has 0 unspecified atom stereocenters. The first-order valence-corrected chi connectivity index (χ1v) is 8.98. The Balaban J connectivity index is 2.42. The van der Waals surface area contributed by atoms with Crippen LogP contribution in [0.4, 0.5) is 0 Å². The summed E-state index contributed by atoms with van der Waals surface area (Å²) in [7, 11) is 1.44. The van der Waals surface area contributed by atoms with Crippen molar-refractivity contribution in [3.05, 3.63) is 64.9 Å². The van der Waals surface area contributed by atoms with Crippen LogP contribution in [-0.4, -0.2) is 31.6 Å². The van der Waals surface area contributed by atoms with E-state index in [0.717, 1.165) is 0 Å². The quantitative estimate of drug-likeness (QED) is 0.438. The third-order valence-corrected chi connectivity index (χ3v) is 3.82. The van der Waals surface area contributed by atoms with Crippen LogP contribution in [0.1, 0.15) is 35.3 Å². The third-order valence-electron chi connectivity index (χ3n) is 3.82. The fourth-order valence-corrected chi connectivity index (χ4v) is 2.58. The molecule has 7 heteroatoms. The van der Waals surface area contributed by atoms with Gasteiger partial charge in [0.1, 0.15) is 5.70 Å². The van der Waals surface area contributed by atoms with E-state index in [1.807, 2.05) is 0 Å². The standard InChI is InChI=1S/C22H23NO6/c1-5-28-22(26)18(23-21(25)17-9-7-6-8-10-17)12-16-11-14(2)20(29-15(3)24)19(13-16)27-4/h6-13H,5H2,1-4H3,(H,23,25)/b18-12+. The smallest absolute Gasteiger partial charge is 0.354 e. The van der Waals surface area contributed by atoms with Gasteiger partial charge in [-0.25, -0.2) is 4.79 Å². The molecule has 0 fully saturated rings. The highest BCUT2D eigenvalue weighted by Crippen LogP contribution is 2.33. The lowest BCUT2D eigenvalue weighted by Gasteiger charge is -2.13. The average Bonchev–Trinajstić information content (AvgIpc) is 2.69. The van der Waals surface area contributed by atoms with Gasteiger partial charge in [-0.15, -0.1) is 0 Å². The zero-order valence-corrected chi connectivity index (χ0v) is 16.8. The van der Waals surface area contributed by atoms with Crippen molar-refractivity contribution in [3.8, 4) is 11.5 Å². The minimum absolute atomic E-state index is 0.0256. The Hall–Kier alpha value is -3.61. The number of nitrogens with one attached hydrogen (secondary N) is 1. The van der Waals surface area contributed by atoms with Crippen molar-refractivity contribution in [2.45, 2.75) is 20.8 Å². The first-order chi connectivity index (χ1) is 13.8. The molecule has 0 radical (unpaired) electrons. The summed E-state index contributed by atoms with van der Waals surface area (Å²) in [6.07, 6.45) is 1.48. The number of esters is 2. The number of hydrogen-bond donors (Lipinski definition) is 1. The SMILES string of the molecule is CCOC(=O)/C(=C\c1cc(C)c(OC(C)=O)c(OC)c1)NC(=O)c1ccccc1. The van der Waals surface area contributed by atoms with Gasteiger partial charge < -0.3 is 19.5 Å². The number of amides is 1. The second-order valence-corrected chi connectivity index (χ2v) is 6.06. The molecule has 0 saturated heterocycles. The highest BCUT2D eigenvalue weighted by atomic mass is 16.6. The predicted octanol–water partition coefficient (Wildman–Crippen LogP) is 3.26. The van der Waals surface area contributed by atoms with E-state index in [9.17, 15) is 14.4 Å². The highest BCUT2D eigenvalue weighted by molar-refractivity contribution is 6.03. The molecule has 152 valence electrons. The highest BCUT2D eigenvalue weighted by Gasteiger charge is 2.17. The van der Waals surface area contributed by atoms with E-state index in [0.29, 0.717) is 28.2 Å². The number of rotatable bonds is 7. The molecule has 0 heterocycles. The molecule has 1 N–H and O–H groups in total. The molecule has 0 aliphatic carbocycles. The van der Waals surface area contributed by atoms with Gasteiger partial charge in [0, 0.05) is 12.5 Å². The second-order valence-electron chi connectivity index (χ2n) is 6.06. The summed E-state index contributed by atoms with van der Waals surface area (Å²) in [6.45, 7) is 4.87. The summed E-state index contributed by atoms with van der Waals surface area (Å²) in [5.74, 6) is -0.966. The van der Waals surface area contributed by atoms with Crippen LogP contribution in [0.25, 0.3) is 6.08 Å². The van der Waals surface area contributed by atoms with Gasteiger partial charge in [0.05, 0.1) is 13.7 Å². The van der Waals surface area contributed by atoms with Crippen molar-refractivity contribution < 1.29 is 28.6 Å². The maximum atomic E-state index is 12.5. The van der Waals surface area contributed by atoms with Gasteiger partial charge in [-0.1, -0.05) is 18.2 Å². The lowest BCUT2D eigenvalue weighted by atomic mass is 10.1. The molecule has 2 rings (SSSR count). The number of aryl methyl sites for hydroxylation is 1. The Morgan fingerprint density at radius 3 is 2.38 bits per heavy atom. The lowest BCUT2D eigenvalue weighted by Crippen LogP contribution is -2.28. The minimum Gasteiger partial charge on any atom is -0.493 e. The zero-order valence-electron chi connectivity index (χ0n) is 16.8. The molecule has 0 bridgehead atoms. The monoisotopic (exact) mass is 397 g/mol. The van der Waals surface area contributed by atoms with E-state index in [1.165, 1.54) is 20.1 Å². The van der Waals surface area contributed by atoms with Gasteiger partial charge in [0.15, 0.2) is 11.5 Å². The van der Waals surface area contributed by atoms with Crippen molar-refractivity contribution in [1.82, 2.24) is 5.32 Å². The van der Waals surface area contributed by atoms with Gasteiger partial charge in [-0.3, -0.25) is 9.59 Å². The van der Waals surface area contributed by atoms with Crippen molar-refractivity contribution in [2.24, 2.45) is 0 Å². The molecule has 0 aliphatic rings. The number of hydrogen-bond acceptors (Lipinski definition) is 6. The first-order valence-electron chi connectivity index (χ1n) is 8.98. The molecule has 2 aromatic carbocycles. The Kier molecular flexibility index (Phi) is 7.54. The maximum absolute atomic E-state index is 12.5. The predicted molar refractivity (Wildman–Crippen MR) is 108 cm³/mol. The number of methoxy groups -OCH3 is 1. The third kappa shape index (κ3) is 5.93. The van der Waals surface area contributed by atoms with Gasteiger partial charge in [0.25, 0.3) is 5.91 Å². The second kappa shape index (κ2) is 10.1. The molecule has 0 aliphatic heterocycles. The van der Waals surface area contributed by atoms with Crippen LogP contribution in [0.5, 0.6) is 11.5 Å². The summed E-state index contributed by atoms with van der Waals surface area (Å²) in [5, 5.41) is 2.59. The Morgan fingerprint density at radius 1 is 1.10 bits per heavy atom. The van der Waals surface area contributed by atoms with Crippen molar-refractivity contribution in [2.75, 3.05) is 13.7 Å². The largest absolute Gasteiger partial charge is 0.493 e. The summed E-state index contributed by atoms with van der Waals surface area (Å²) >= 11 is 0. The number of benzene rings is 2. The topological polar surface area (TPSA) is 90.9 Å². The van der Waals surface area contributed by atoms with E-state index in [-0.39, 0.29) is 12.3 Å². The molecule has 0 saturated carbocycles.